The van der Waals surface area contributed by atoms with Crippen LogP contribution in [0.5, 0.6) is 0 Å². The van der Waals surface area contributed by atoms with E-state index in [-0.39, 0.29) is 0 Å². The van der Waals surface area contributed by atoms with E-state index < -0.39 is 0 Å². The minimum absolute atomic E-state index is 0.560. The first-order valence-corrected chi connectivity index (χ1v) is 23.4. The summed E-state index contributed by atoms with van der Waals surface area (Å²) in [6.45, 7) is 0. The van der Waals surface area contributed by atoms with Crippen molar-refractivity contribution in [2.75, 3.05) is 0 Å². The van der Waals surface area contributed by atoms with E-state index in [1.807, 2.05) is 0 Å². The lowest BCUT2D eigenvalue weighted by molar-refractivity contribution is 0.953. The summed E-state index contributed by atoms with van der Waals surface area (Å²) in [4.78, 5) is 16.0. The molecule has 69 heavy (non-hydrogen) atoms. The molecule has 320 valence electrons. The highest BCUT2D eigenvalue weighted by molar-refractivity contribution is 6.29. The van der Waals surface area contributed by atoms with Crippen molar-refractivity contribution in [2.45, 2.75) is 0 Å². The van der Waals surface area contributed by atoms with Gasteiger partial charge in [0.05, 0.1) is 38.8 Å². The summed E-state index contributed by atoms with van der Waals surface area (Å²) in [6, 6.07) is 82.8. The molecule has 0 aliphatic rings. The third kappa shape index (κ3) is 5.63. The molecule has 0 N–H and O–H groups in total. The molecule has 0 atom stereocenters. The fourth-order valence-corrected chi connectivity index (χ4v) is 11.2. The lowest BCUT2D eigenvalue weighted by atomic mass is 10.1. The van der Waals surface area contributed by atoms with Gasteiger partial charge in [0, 0.05) is 49.1 Å². The second kappa shape index (κ2) is 14.6. The van der Waals surface area contributed by atoms with Crippen LogP contribution in [-0.2, 0) is 0 Å². The van der Waals surface area contributed by atoms with Crippen LogP contribution in [0.2, 0.25) is 0 Å². The van der Waals surface area contributed by atoms with Gasteiger partial charge in [-0.3, -0.25) is 4.57 Å². The topological polar surface area (TPSA) is 53.5 Å². The van der Waals surface area contributed by atoms with Crippen molar-refractivity contribution in [3.63, 3.8) is 0 Å². The molecule has 0 fully saturated rings. The van der Waals surface area contributed by atoms with E-state index in [1.165, 1.54) is 54.1 Å². The molecule has 0 bridgehead atoms. The molecule has 0 spiro atoms. The standard InChI is InChI=1S/C63H38N6/c1-4-17-42-36-45(30-28-39(42)14-1)61-64-62(46-31-29-40-15-2-5-18-43(40)37-46)66-63(65-61)69-53-25-12-7-20-48(53)58-54(26-13-27-55(58)69)68-52-24-11-9-22-50(52)60-57(68)35-34-56-59(60)49-21-8-10-23-51(49)67(56)47-33-32-41-16-3-6-19-44(41)38-47/h1-38H. The summed E-state index contributed by atoms with van der Waals surface area (Å²) in [7, 11) is 0. The van der Waals surface area contributed by atoms with E-state index >= 15 is 0 Å². The summed E-state index contributed by atoms with van der Waals surface area (Å²) in [6.07, 6.45) is 0. The summed E-state index contributed by atoms with van der Waals surface area (Å²) in [5.74, 6) is 1.79. The normalized spacial score (nSPS) is 12.1. The highest BCUT2D eigenvalue weighted by Gasteiger charge is 2.24. The van der Waals surface area contributed by atoms with Gasteiger partial charge in [-0.1, -0.05) is 164 Å². The Kier molecular flexibility index (Phi) is 7.97. The molecule has 0 saturated heterocycles. The molecule has 0 saturated carbocycles. The van der Waals surface area contributed by atoms with Crippen molar-refractivity contribution in [2.24, 2.45) is 0 Å². The fourth-order valence-electron chi connectivity index (χ4n) is 11.2. The zero-order valence-corrected chi connectivity index (χ0v) is 37.1. The Morgan fingerprint density at radius 2 is 0.681 bits per heavy atom. The third-order valence-corrected chi connectivity index (χ3v) is 14.2. The molecule has 0 unspecified atom stereocenters. The highest BCUT2D eigenvalue weighted by Crippen LogP contribution is 2.45. The van der Waals surface area contributed by atoms with Crippen LogP contribution in [0.15, 0.2) is 231 Å². The van der Waals surface area contributed by atoms with Crippen molar-refractivity contribution in [1.29, 1.82) is 0 Å². The van der Waals surface area contributed by atoms with Gasteiger partial charge in [-0.2, -0.15) is 9.97 Å². The van der Waals surface area contributed by atoms with E-state index in [0.29, 0.717) is 17.6 Å². The molecule has 4 aromatic heterocycles. The van der Waals surface area contributed by atoms with Crippen LogP contribution in [0.25, 0.3) is 138 Å². The van der Waals surface area contributed by atoms with Gasteiger partial charge in [-0.05, 0) is 99.0 Å². The summed E-state index contributed by atoms with van der Waals surface area (Å²) < 4.78 is 7.14. The number of para-hydroxylation sites is 3. The van der Waals surface area contributed by atoms with Gasteiger partial charge in [0.1, 0.15) is 0 Å². The number of benzene rings is 11. The van der Waals surface area contributed by atoms with Crippen LogP contribution in [-0.4, -0.2) is 28.7 Å². The summed E-state index contributed by atoms with van der Waals surface area (Å²) in [5.41, 5.74) is 10.8. The Morgan fingerprint density at radius 3 is 1.26 bits per heavy atom. The highest BCUT2D eigenvalue weighted by atomic mass is 15.2. The molecule has 11 aromatic carbocycles. The van der Waals surface area contributed by atoms with E-state index in [9.17, 15) is 0 Å². The Hall–Kier alpha value is -9.39. The lowest BCUT2D eigenvalue weighted by Gasteiger charge is -2.13. The van der Waals surface area contributed by atoms with Crippen LogP contribution in [0.4, 0.5) is 0 Å². The predicted octanol–water partition coefficient (Wildman–Crippen LogP) is 16.0. The van der Waals surface area contributed by atoms with Gasteiger partial charge in [-0.25, -0.2) is 4.98 Å². The molecule has 4 heterocycles. The number of aromatic nitrogens is 6. The Bertz CT molecular complexity index is 4530. The maximum absolute atomic E-state index is 5.37. The number of fused-ring (bicyclic) bond motifs is 13. The maximum atomic E-state index is 5.37. The SMILES string of the molecule is c1ccc2cc(-c3nc(-c4ccc5ccccc5c4)nc(-n4c5ccccc5c5c(-n6c7ccccc7c7c8c9ccccc9n(-c9ccc%10ccccc%10c9)c8ccc76)cccc54)n3)ccc2c1. The number of hydrogen-bond donors (Lipinski definition) is 0. The van der Waals surface area contributed by atoms with Crippen LogP contribution in [0, 0.1) is 0 Å². The lowest BCUT2D eigenvalue weighted by Crippen LogP contribution is -2.06. The molecule has 6 heteroatoms. The van der Waals surface area contributed by atoms with Crippen molar-refractivity contribution < 1.29 is 0 Å². The second-order valence-corrected chi connectivity index (χ2v) is 18.0. The van der Waals surface area contributed by atoms with Gasteiger partial charge < -0.3 is 9.13 Å². The average molecular weight is 879 g/mol. The molecule has 15 rings (SSSR count). The van der Waals surface area contributed by atoms with Crippen molar-refractivity contribution in [3.8, 4) is 40.1 Å². The zero-order valence-electron chi connectivity index (χ0n) is 37.1. The Morgan fingerprint density at radius 1 is 0.261 bits per heavy atom. The minimum Gasteiger partial charge on any atom is -0.309 e. The van der Waals surface area contributed by atoms with Crippen molar-refractivity contribution in [1.82, 2.24) is 28.7 Å². The first-order valence-electron chi connectivity index (χ1n) is 23.4. The fraction of sp³-hybridized carbons (Fsp3) is 0. The largest absolute Gasteiger partial charge is 0.309 e. The third-order valence-electron chi connectivity index (χ3n) is 14.2. The van der Waals surface area contributed by atoms with Gasteiger partial charge in [0.25, 0.3) is 0 Å². The maximum Gasteiger partial charge on any atom is 0.238 e. The number of hydrogen-bond acceptors (Lipinski definition) is 3. The first-order chi connectivity index (χ1) is 34.2. The number of rotatable bonds is 5. The second-order valence-electron chi connectivity index (χ2n) is 18.0. The summed E-state index contributed by atoms with van der Waals surface area (Å²) in [5, 5.41) is 14.2. The van der Waals surface area contributed by atoms with Gasteiger partial charge >= 0.3 is 0 Å². The molecule has 6 nitrogen and oxygen atoms in total. The van der Waals surface area contributed by atoms with Crippen LogP contribution in [0.3, 0.4) is 0 Å². The van der Waals surface area contributed by atoms with Crippen molar-refractivity contribution >= 4 is 97.7 Å². The van der Waals surface area contributed by atoms with Gasteiger partial charge in [0.2, 0.25) is 5.95 Å². The molecule has 15 aromatic rings. The monoisotopic (exact) mass is 878 g/mol. The van der Waals surface area contributed by atoms with E-state index in [2.05, 4.69) is 244 Å². The Balaban J connectivity index is 0.999. The van der Waals surface area contributed by atoms with Crippen LogP contribution in [0.1, 0.15) is 0 Å². The van der Waals surface area contributed by atoms with Gasteiger partial charge in [0.15, 0.2) is 11.6 Å². The zero-order chi connectivity index (χ0) is 45.2. The Labute approximate surface area is 395 Å². The molecule has 0 aliphatic carbocycles. The minimum atomic E-state index is 0.560. The number of nitrogens with zero attached hydrogens (tertiary/aromatic N) is 6. The molecule has 0 aliphatic heterocycles. The van der Waals surface area contributed by atoms with Crippen LogP contribution < -0.4 is 0 Å². The van der Waals surface area contributed by atoms with E-state index in [4.69, 9.17) is 15.0 Å². The van der Waals surface area contributed by atoms with Crippen LogP contribution >= 0.6 is 0 Å². The smallest absolute Gasteiger partial charge is 0.238 e. The first kappa shape index (κ1) is 37.8. The molecule has 0 amide bonds. The molecular formula is C63H38N6. The quantitative estimate of drug-likeness (QED) is 0.173. The van der Waals surface area contributed by atoms with Gasteiger partial charge in [-0.15, -0.1) is 0 Å². The summed E-state index contributed by atoms with van der Waals surface area (Å²) >= 11 is 0. The predicted molar refractivity (Wildman–Crippen MR) is 286 cm³/mol. The average Bonchev–Trinajstić information content (AvgIpc) is 4.06. The van der Waals surface area contributed by atoms with E-state index in [1.54, 1.807) is 0 Å². The molecule has 0 radical (unpaired) electrons. The van der Waals surface area contributed by atoms with E-state index in [0.717, 1.165) is 66.1 Å². The van der Waals surface area contributed by atoms with Crippen molar-refractivity contribution in [3.05, 3.63) is 231 Å². The molecular weight excluding hydrogens is 841 g/mol.